The smallest absolute Gasteiger partial charge is 0.134 e. The number of nitrogens with zero attached hydrogens (tertiary/aromatic N) is 2. The van der Waals surface area contributed by atoms with E-state index in [2.05, 4.69) is 45.3 Å². The molecule has 0 spiro atoms. The van der Waals surface area contributed by atoms with Gasteiger partial charge in [0.15, 0.2) is 0 Å². The second-order valence-electron chi connectivity index (χ2n) is 4.73. The van der Waals surface area contributed by atoms with Crippen molar-refractivity contribution < 1.29 is 4.74 Å². The standard InChI is InChI=1S/C15H20BrN3O/c1-3-6-17-8-12-4-5-15(14(16)7-12)20-10-13-9-18-11-19(13)2/h4-5,7,9,11,17H,3,6,8,10H2,1-2H3. The molecule has 20 heavy (non-hydrogen) atoms. The second kappa shape index (κ2) is 7.45. The minimum atomic E-state index is 0.516. The normalized spacial score (nSPS) is 10.8. The van der Waals surface area contributed by atoms with Crippen molar-refractivity contribution in [1.29, 1.82) is 0 Å². The first kappa shape index (κ1) is 15.1. The minimum absolute atomic E-state index is 0.516. The first-order valence-electron chi connectivity index (χ1n) is 6.78. The van der Waals surface area contributed by atoms with Crippen LogP contribution in [0.15, 0.2) is 35.2 Å². The fourth-order valence-corrected chi connectivity index (χ4v) is 2.40. The van der Waals surface area contributed by atoms with Gasteiger partial charge in [-0.1, -0.05) is 13.0 Å². The molecular weight excluding hydrogens is 318 g/mol. The number of nitrogens with one attached hydrogen (secondary N) is 1. The lowest BCUT2D eigenvalue weighted by Crippen LogP contribution is -2.13. The molecule has 5 heteroatoms. The van der Waals surface area contributed by atoms with Crippen molar-refractivity contribution in [1.82, 2.24) is 14.9 Å². The summed E-state index contributed by atoms with van der Waals surface area (Å²) >= 11 is 3.56. The fourth-order valence-electron chi connectivity index (χ4n) is 1.86. The quantitative estimate of drug-likeness (QED) is 0.788. The van der Waals surface area contributed by atoms with Crippen LogP contribution in [0.5, 0.6) is 5.75 Å². The van der Waals surface area contributed by atoms with Gasteiger partial charge in [-0.05, 0) is 46.6 Å². The van der Waals surface area contributed by atoms with Gasteiger partial charge in [0, 0.05) is 13.6 Å². The molecule has 0 bridgehead atoms. The van der Waals surface area contributed by atoms with Crippen LogP contribution in [-0.2, 0) is 20.2 Å². The lowest BCUT2D eigenvalue weighted by Gasteiger charge is -2.10. The molecule has 0 saturated heterocycles. The number of ether oxygens (including phenoxy) is 1. The molecule has 0 fully saturated rings. The fraction of sp³-hybridized carbons (Fsp3) is 0.400. The van der Waals surface area contributed by atoms with Gasteiger partial charge in [-0.2, -0.15) is 0 Å². The van der Waals surface area contributed by atoms with Gasteiger partial charge in [0.05, 0.1) is 22.7 Å². The van der Waals surface area contributed by atoms with E-state index >= 15 is 0 Å². The Morgan fingerprint density at radius 3 is 2.90 bits per heavy atom. The van der Waals surface area contributed by atoms with Gasteiger partial charge >= 0.3 is 0 Å². The largest absolute Gasteiger partial charge is 0.486 e. The molecule has 108 valence electrons. The molecule has 1 aromatic heterocycles. The number of hydrogen-bond acceptors (Lipinski definition) is 3. The van der Waals surface area contributed by atoms with Crippen LogP contribution in [0.2, 0.25) is 0 Å². The van der Waals surface area contributed by atoms with Crippen molar-refractivity contribution in [2.24, 2.45) is 7.05 Å². The van der Waals surface area contributed by atoms with E-state index in [1.807, 2.05) is 23.9 Å². The maximum absolute atomic E-state index is 5.81. The minimum Gasteiger partial charge on any atom is -0.486 e. The van der Waals surface area contributed by atoms with Gasteiger partial charge in [0.25, 0.3) is 0 Å². The Morgan fingerprint density at radius 1 is 1.40 bits per heavy atom. The lowest BCUT2D eigenvalue weighted by atomic mass is 10.2. The number of rotatable bonds is 7. The molecule has 1 N–H and O–H groups in total. The van der Waals surface area contributed by atoms with E-state index in [9.17, 15) is 0 Å². The van der Waals surface area contributed by atoms with Crippen molar-refractivity contribution >= 4 is 15.9 Å². The Kier molecular flexibility index (Phi) is 5.61. The molecule has 0 atom stereocenters. The van der Waals surface area contributed by atoms with E-state index in [-0.39, 0.29) is 0 Å². The van der Waals surface area contributed by atoms with E-state index in [1.54, 1.807) is 6.33 Å². The molecular formula is C15H20BrN3O. The van der Waals surface area contributed by atoms with Crippen LogP contribution < -0.4 is 10.1 Å². The van der Waals surface area contributed by atoms with E-state index in [0.717, 1.165) is 35.4 Å². The molecule has 0 amide bonds. The molecule has 0 unspecified atom stereocenters. The van der Waals surface area contributed by atoms with Crippen molar-refractivity contribution in [2.45, 2.75) is 26.5 Å². The third-order valence-corrected chi connectivity index (χ3v) is 3.66. The summed E-state index contributed by atoms with van der Waals surface area (Å²) < 4.78 is 8.75. The average molecular weight is 338 g/mol. The van der Waals surface area contributed by atoms with Crippen LogP contribution in [0, 0.1) is 0 Å². The Balaban J connectivity index is 1.94. The number of imidazole rings is 1. The molecule has 2 aromatic rings. The van der Waals surface area contributed by atoms with Crippen molar-refractivity contribution in [3.05, 3.63) is 46.5 Å². The highest BCUT2D eigenvalue weighted by atomic mass is 79.9. The molecule has 0 aliphatic rings. The summed E-state index contributed by atoms with van der Waals surface area (Å²) in [6.07, 6.45) is 4.74. The van der Waals surface area contributed by atoms with Gasteiger partial charge in [-0.25, -0.2) is 4.98 Å². The number of halogens is 1. The van der Waals surface area contributed by atoms with Crippen molar-refractivity contribution in [2.75, 3.05) is 6.54 Å². The maximum Gasteiger partial charge on any atom is 0.134 e. The summed E-state index contributed by atoms with van der Waals surface area (Å²) in [6.45, 7) is 4.60. The van der Waals surface area contributed by atoms with E-state index in [1.165, 1.54) is 5.56 Å². The zero-order valence-electron chi connectivity index (χ0n) is 11.9. The summed E-state index contributed by atoms with van der Waals surface area (Å²) in [7, 11) is 1.96. The number of benzene rings is 1. The topological polar surface area (TPSA) is 39.1 Å². The Bertz CT molecular complexity index is 554. The molecule has 1 heterocycles. The third kappa shape index (κ3) is 4.08. The van der Waals surface area contributed by atoms with Gasteiger partial charge in [-0.3, -0.25) is 0 Å². The summed E-state index contributed by atoms with van der Waals surface area (Å²) in [4.78, 5) is 4.08. The summed E-state index contributed by atoms with van der Waals surface area (Å²) in [5.41, 5.74) is 2.30. The monoisotopic (exact) mass is 337 g/mol. The van der Waals surface area contributed by atoms with Crippen molar-refractivity contribution in [3.63, 3.8) is 0 Å². The van der Waals surface area contributed by atoms with Crippen LogP contribution in [0.1, 0.15) is 24.6 Å². The lowest BCUT2D eigenvalue weighted by molar-refractivity contribution is 0.295. The molecule has 0 aliphatic carbocycles. The average Bonchev–Trinajstić information content (AvgIpc) is 2.84. The number of aromatic nitrogens is 2. The third-order valence-electron chi connectivity index (χ3n) is 3.04. The Morgan fingerprint density at radius 2 is 2.25 bits per heavy atom. The number of aryl methyl sites for hydroxylation is 1. The van der Waals surface area contributed by atoms with Crippen LogP contribution >= 0.6 is 15.9 Å². The molecule has 4 nitrogen and oxygen atoms in total. The van der Waals surface area contributed by atoms with Crippen LogP contribution in [0.3, 0.4) is 0 Å². The van der Waals surface area contributed by atoms with E-state index in [0.29, 0.717) is 6.61 Å². The molecule has 0 aliphatic heterocycles. The van der Waals surface area contributed by atoms with Gasteiger partial charge in [-0.15, -0.1) is 0 Å². The van der Waals surface area contributed by atoms with E-state index in [4.69, 9.17) is 4.74 Å². The SMILES string of the molecule is CCCNCc1ccc(OCc2cncn2C)c(Br)c1. The molecule has 2 rings (SSSR count). The maximum atomic E-state index is 5.81. The number of hydrogen-bond donors (Lipinski definition) is 1. The van der Waals surface area contributed by atoms with Crippen LogP contribution in [0.4, 0.5) is 0 Å². The van der Waals surface area contributed by atoms with E-state index < -0.39 is 0 Å². The zero-order valence-corrected chi connectivity index (χ0v) is 13.5. The Labute approximate surface area is 128 Å². The van der Waals surface area contributed by atoms with Gasteiger partial charge < -0.3 is 14.6 Å². The summed E-state index contributed by atoms with van der Waals surface area (Å²) in [6, 6.07) is 6.19. The predicted molar refractivity (Wildman–Crippen MR) is 83.7 cm³/mol. The highest BCUT2D eigenvalue weighted by Crippen LogP contribution is 2.26. The predicted octanol–water partition coefficient (Wildman–Crippen LogP) is 3.26. The summed E-state index contributed by atoms with van der Waals surface area (Å²) in [5.74, 6) is 0.852. The first-order valence-corrected chi connectivity index (χ1v) is 7.57. The van der Waals surface area contributed by atoms with Gasteiger partial charge in [0.2, 0.25) is 0 Å². The molecule has 0 saturated carbocycles. The van der Waals surface area contributed by atoms with Crippen molar-refractivity contribution in [3.8, 4) is 5.75 Å². The first-order chi connectivity index (χ1) is 9.70. The highest BCUT2D eigenvalue weighted by molar-refractivity contribution is 9.10. The van der Waals surface area contributed by atoms with Gasteiger partial charge in [0.1, 0.15) is 12.4 Å². The summed E-state index contributed by atoms with van der Waals surface area (Å²) in [5, 5.41) is 3.39. The molecule has 1 aromatic carbocycles. The van der Waals surface area contributed by atoms with Crippen LogP contribution in [0.25, 0.3) is 0 Å². The van der Waals surface area contributed by atoms with Crippen LogP contribution in [-0.4, -0.2) is 16.1 Å². The Hall–Kier alpha value is -1.33. The molecule has 0 radical (unpaired) electrons. The highest BCUT2D eigenvalue weighted by Gasteiger charge is 2.05. The zero-order chi connectivity index (χ0) is 14.4. The second-order valence-corrected chi connectivity index (χ2v) is 5.58.